The van der Waals surface area contributed by atoms with Gasteiger partial charge in [0.15, 0.2) is 5.78 Å². The number of fused-ring (bicyclic) bond motifs is 1. The lowest BCUT2D eigenvalue weighted by Gasteiger charge is -2.05. The Balaban J connectivity index is 2.56. The summed E-state index contributed by atoms with van der Waals surface area (Å²) in [6.45, 7) is 3.89. The fourth-order valence-electron chi connectivity index (χ4n) is 1.73. The average molecular weight is 345 g/mol. The van der Waals surface area contributed by atoms with Crippen molar-refractivity contribution in [3.8, 4) is 0 Å². The Hall–Kier alpha value is -0.910. The first kappa shape index (κ1) is 12.5. The number of hydrogen-bond acceptors (Lipinski definition) is 1. The van der Waals surface area contributed by atoms with Gasteiger partial charge in [-0.05, 0) is 47.2 Å². The van der Waals surface area contributed by atoms with Crippen molar-refractivity contribution in [1.82, 2.24) is 4.98 Å². The first-order chi connectivity index (χ1) is 8.04. The van der Waals surface area contributed by atoms with E-state index in [-0.39, 0.29) is 17.5 Å². The molecule has 0 saturated carbocycles. The number of carbonyl (C=O) groups is 1. The number of nitrogens with one attached hydrogen (secondary N) is 1. The number of ketones is 1. The van der Waals surface area contributed by atoms with Crippen LogP contribution in [-0.4, -0.2) is 10.8 Å². The van der Waals surface area contributed by atoms with E-state index >= 15 is 0 Å². The van der Waals surface area contributed by atoms with Crippen molar-refractivity contribution < 1.29 is 9.18 Å². The fraction of sp³-hybridized carbons (Fsp3) is 0.308. The predicted octanol–water partition coefficient (Wildman–Crippen LogP) is 4.14. The monoisotopic (exact) mass is 345 g/mol. The predicted molar refractivity (Wildman–Crippen MR) is 74.8 cm³/mol. The third-order valence-corrected chi connectivity index (χ3v) is 4.12. The second-order valence-corrected chi connectivity index (χ2v) is 5.26. The maximum absolute atomic E-state index is 13.1. The molecule has 0 fully saturated rings. The molecule has 1 aromatic heterocycles. The quantitative estimate of drug-likeness (QED) is 0.658. The summed E-state index contributed by atoms with van der Waals surface area (Å²) in [5.41, 5.74) is 1.41. The summed E-state index contributed by atoms with van der Waals surface area (Å²) in [5.74, 6) is -0.202. The Morgan fingerprint density at radius 2 is 2.24 bits per heavy atom. The van der Waals surface area contributed by atoms with Crippen molar-refractivity contribution in [2.24, 2.45) is 5.92 Å². The molecule has 1 aromatic carbocycles. The number of aromatic nitrogens is 1. The molecule has 0 aliphatic heterocycles. The Bertz CT molecular complexity index is 576. The third kappa shape index (κ3) is 2.22. The van der Waals surface area contributed by atoms with Crippen LogP contribution in [0.1, 0.15) is 30.8 Å². The maximum atomic E-state index is 13.1. The molecule has 0 radical (unpaired) electrons. The molecule has 4 heteroatoms. The van der Waals surface area contributed by atoms with Crippen LogP contribution in [-0.2, 0) is 0 Å². The van der Waals surface area contributed by atoms with Crippen LogP contribution in [0.25, 0.3) is 10.9 Å². The number of H-pyrrole nitrogens is 1. The van der Waals surface area contributed by atoms with Gasteiger partial charge in [0.05, 0.1) is 5.69 Å². The Morgan fingerprint density at radius 1 is 1.53 bits per heavy atom. The van der Waals surface area contributed by atoms with E-state index in [1.54, 1.807) is 6.07 Å². The van der Waals surface area contributed by atoms with Crippen molar-refractivity contribution in [2.45, 2.75) is 20.3 Å². The summed E-state index contributed by atoms with van der Waals surface area (Å²) in [6.07, 6.45) is 0.804. The summed E-state index contributed by atoms with van der Waals surface area (Å²) in [4.78, 5) is 15.2. The van der Waals surface area contributed by atoms with E-state index in [0.717, 1.165) is 20.9 Å². The molecule has 90 valence electrons. The molecule has 1 atom stereocenters. The molecule has 1 heterocycles. The van der Waals surface area contributed by atoms with E-state index in [4.69, 9.17) is 0 Å². The van der Waals surface area contributed by atoms with Crippen LogP contribution in [0.5, 0.6) is 0 Å². The van der Waals surface area contributed by atoms with Gasteiger partial charge in [-0.3, -0.25) is 4.79 Å². The van der Waals surface area contributed by atoms with Gasteiger partial charge in [0.1, 0.15) is 5.82 Å². The lowest BCUT2D eigenvalue weighted by atomic mass is 10.0. The highest BCUT2D eigenvalue weighted by molar-refractivity contribution is 14.1. The van der Waals surface area contributed by atoms with Gasteiger partial charge in [-0.25, -0.2) is 4.39 Å². The van der Waals surface area contributed by atoms with E-state index in [0.29, 0.717) is 5.69 Å². The number of carbonyl (C=O) groups excluding carboxylic acids is 1. The summed E-state index contributed by atoms with van der Waals surface area (Å²) >= 11 is 2.10. The molecule has 0 aliphatic rings. The van der Waals surface area contributed by atoms with Gasteiger partial charge in [-0.2, -0.15) is 0 Å². The van der Waals surface area contributed by atoms with Crippen LogP contribution in [0.15, 0.2) is 18.2 Å². The zero-order valence-electron chi connectivity index (χ0n) is 9.68. The van der Waals surface area contributed by atoms with Crippen LogP contribution in [0.2, 0.25) is 0 Å². The molecule has 2 nitrogen and oxygen atoms in total. The van der Waals surface area contributed by atoms with Gasteiger partial charge in [-0.1, -0.05) is 13.8 Å². The van der Waals surface area contributed by atoms with E-state index in [9.17, 15) is 9.18 Å². The van der Waals surface area contributed by atoms with Gasteiger partial charge >= 0.3 is 0 Å². The lowest BCUT2D eigenvalue weighted by molar-refractivity contribution is 0.0922. The lowest BCUT2D eigenvalue weighted by Crippen LogP contribution is -2.11. The molecular formula is C13H13FINO. The zero-order valence-corrected chi connectivity index (χ0v) is 11.8. The van der Waals surface area contributed by atoms with Crippen LogP contribution in [0.3, 0.4) is 0 Å². The standard InChI is InChI=1S/C13H13FINO/c1-3-7(2)13(17)12-11(15)9-6-8(14)4-5-10(9)16-12/h4-7,16H,3H2,1-2H3. The minimum absolute atomic E-state index is 0.0126. The number of aromatic amines is 1. The van der Waals surface area contributed by atoms with Crippen LogP contribution in [0, 0.1) is 15.3 Å². The minimum atomic E-state index is -0.281. The number of halogens is 2. The summed E-state index contributed by atoms with van der Waals surface area (Å²) in [7, 11) is 0. The highest BCUT2D eigenvalue weighted by Crippen LogP contribution is 2.27. The highest BCUT2D eigenvalue weighted by Gasteiger charge is 2.20. The first-order valence-electron chi connectivity index (χ1n) is 5.55. The molecule has 0 saturated heterocycles. The van der Waals surface area contributed by atoms with Crippen molar-refractivity contribution in [3.63, 3.8) is 0 Å². The van der Waals surface area contributed by atoms with Crippen molar-refractivity contribution in [1.29, 1.82) is 0 Å². The number of hydrogen-bond donors (Lipinski definition) is 1. The molecule has 0 bridgehead atoms. The summed E-state index contributed by atoms with van der Waals surface area (Å²) in [6, 6.07) is 4.52. The SMILES string of the molecule is CCC(C)C(=O)c1[nH]c2ccc(F)cc2c1I. The van der Waals surface area contributed by atoms with Crippen LogP contribution in [0.4, 0.5) is 4.39 Å². The molecule has 1 unspecified atom stereocenters. The second kappa shape index (κ2) is 4.76. The molecule has 1 N–H and O–H groups in total. The largest absolute Gasteiger partial charge is 0.351 e. The molecule has 2 rings (SSSR count). The Morgan fingerprint density at radius 3 is 2.88 bits per heavy atom. The number of Topliss-reactive ketones (excluding diaryl/α,β-unsaturated/α-hetero) is 1. The molecular weight excluding hydrogens is 332 g/mol. The molecule has 2 aromatic rings. The minimum Gasteiger partial charge on any atom is -0.351 e. The van der Waals surface area contributed by atoms with E-state index in [1.807, 2.05) is 13.8 Å². The third-order valence-electron chi connectivity index (χ3n) is 3.00. The fourth-order valence-corrected chi connectivity index (χ4v) is 2.58. The molecule has 17 heavy (non-hydrogen) atoms. The van der Waals surface area contributed by atoms with E-state index in [1.165, 1.54) is 12.1 Å². The van der Waals surface area contributed by atoms with Gasteiger partial charge < -0.3 is 4.98 Å². The molecule has 0 spiro atoms. The zero-order chi connectivity index (χ0) is 12.6. The van der Waals surface area contributed by atoms with Gasteiger partial charge in [-0.15, -0.1) is 0 Å². The number of benzene rings is 1. The van der Waals surface area contributed by atoms with Crippen LogP contribution < -0.4 is 0 Å². The molecule has 0 amide bonds. The number of rotatable bonds is 3. The average Bonchev–Trinajstić information content (AvgIpc) is 2.65. The van der Waals surface area contributed by atoms with Crippen molar-refractivity contribution in [3.05, 3.63) is 33.3 Å². The van der Waals surface area contributed by atoms with Crippen LogP contribution >= 0.6 is 22.6 Å². The molecule has 0 aliphatic carbocycles. The highest BCUT2D eigenvalue weighted by atomic mass is 127. The Kier molecular flexibility index (Phi) is 3.51. The Labute approximate surface area is 113 Å². The summed E-state index contributed by atoms with van der Waals surface area (Å²) < 4.78 is 14.0. The van der Waals surface area contributed by atoms with Gasteiger partial charge in [0.2, 0.25) is 0 Å². The maximum Gasteiger partial charge on any atom is 0.182 e. The summed E-state index contributed by atoms with van der Waals surface area (Å²) in [5, 5.41) is 0.775. The van der Waals surface area contributed by atoms with E-state index in [2.05, 4.69) is 27.6 Å². The van der Waals surface area contributed by atoms with Gasteiger partial charge in [0, 0.05) is 20.4 Å². The van der Waals surface area contributed by atoms with Gasteiger partial charge in [0.25, 0.3) is 0 Å². The van der Waals surface area contributed by atoms with Crippen molar-refractivity contribution >= 4 is 39.3 Å². The second-order valence-electron chi connectivity index (χ2n) is 4.18. The smallest absolute Gasteiger partial charge is 0.182 e. The first-order valence-corrected chi connectivity index (χ1v) is 6.63. The topological polar surface area (TPSA) is 32.9 Å². The van der Waals surface area contributed by atoms with E-state index < -0.39 is 0 Å². The normalized spacial score (nSPS) is 12.9. The van der Waals surface area contributed by atoms with Crippen molar-refractivity contribution in [2.75, 3.05) is 0 Å².